The van der Waals surface area contributed by atoms with Gasteiger partial charge in [0.1, 0.15) is 11.6 Å². The van der Waals surface area contributed by atoms with Crippen molar-refractivity contribution in [1.29, 1.82) is 0 Å². The Morgan fingerprint density at radius 1 is 1.38 bits per heavy atom. The third-order valence-corrected chi connectivity index (χ3v) is 4.26. The number of hydrogen-bond acceptors (Lipinski definition) is 4. The van der Waals surface area contributed by atoms with E-state index in [0.717, 1.165) is 0 Å². The summed E-state index contributed by atoms with van der Waals surface area (Å²) in [6.07, 6.45) is 1.25. The van der Waals surface area contributed by atoms with Crippen LogP contribution in [-0.4, -0.2) is 53.3 Å². The van der Waals surface area contributed by atoms with Crippen LogP contribution in [0.15, 0.2) is 18.2 Å². The van der Waals surface area contributed by atoms with Gasteiger partial charge in [0.2, 0.25) is 0 Å². The second-order valence-electron chi connectivity index (χ2n) is 6.68. The van der Waals surface area contributed by atoms with Crippen molar-refractivity contribution in [3.8, 4) is 5.75 Å². The maximum atomic E-state index is 13.4. The topological polar surface area (TPSA) is 90.9 Å². The van der Waals surface area contributed by atoms with Crippen LogP contribution in [0, 0.1) is 5.82 Å². The highest BCUT2D eigenvalue weighted by molar-refractivity contribution is 5.91. The van der Waals surface area contributed by atoms with Crippen molar-refractivity contribution in [2.45, 2.75) is 51.8 Å². The van der Waals surface area contributed by atoms with Crippen molar-refractivity contribution in [1.82, 2.24) is 10.2 Å². The lowest BCUT2D eigenvalue weighted by Gasteiger charge is -2.42. The first-order chi connectivity index (χ1) is 12.3. The maximum Gasteiger partial charge on any atom is 0.319 e. The Bertz CT molecular complexity index is 647. The van der Waals surface area contributed by atoms with Crippen LogP contribution in [0.5, 0.6) is 5.75 Å². The average molecular weight is 367 g/mol. The van der Waals surface area contributed by atoms with Gasteiger partial charge in [-0.05, 0) is 45.4 Å². The Morgan fingerprint density at radius 3 is 2.65 bits per heavy atom. The first kappa shape index (κ1) is 20.0. The summed E-state index contributed by atoms with van der Waals surface area (Å²) >= 11 is 0. The van der Waals surface area contributed by atoms with Crippen molar-refractivity contribution >= 4 is 17.7 Å². The van der Waals surface area contributed by atoms with E-state index in [0.29, 0.717) is 25.1 Å². The lowest BCUT2D eigenvalue weighted by atomic mass is 9.85. The summed E-state index contributed by atoms with van der Waals surface area (Å²) in [5.74, 6) is -1.01. The Balaban J connectivity index is 1.86. The SMILES string of the molecule is CCN(CC(=O)O)C1CC(NC(=O)Nc2ccc(F)cc2OC(C)C)C1. The number of carboxylic acid groups (broad SMARTS) is 1. The summed E-state index contributed by atoms with van der Waals surface area (Å²) in [5.41, 5.74) is 0.398. The van der Waals surface area contributed by atoms with Gasteiger partial charge < -0.3 is 20.5 Å². The van der Waals surface area contributed by atoms with Gasteiger partial charge >= 0.3 is 12.0 Å². The van der Waals surface area contributed by atoms with Gasteiger partial charge in [0.25, 0.3) is 0 Å². The number of nitrogens with zero attached hydrogens (tertiary/aromatic N) is 1. The minimum atomic E-state index is -0.852. The van der Waals surface area contributed by atoms with E-state index in [1.165, 1.54) is 18.2 Å². The number of anilines is 1. The molecule has 8 heteroatoms. The van der Waals surface area contributed by atoms with E-state index >= 15 is 0 Å². The number of hydrogen-bond donors (Lipinski definition) is 3. The zero-order valence-corrected chi connectivity index (χ0v) is 15.3. The van der Waals surface area contributed by atoms with Gasteiger partial charge in [-0.25, -0.2) is 9.18 Å². The van der Waals surface area contributed by atoms with Gasteiger partial charge in [0, 0.05) is 18.2 Å². The second-order valence-corrected chi connectivity index (χ2v) is 6.68. The quantitative estimate of drug-likeness (QED) is 0.657. The average Bonchev–Trinajstić information content (AvgIpc) is 2.50. The Labute approximate surface area is 152 Å². The molecule has 0 unspecified atom stereocenters. The van der Waals surface area contributed by atoms with E-state index in [4.69, 9.17) is 9.84 Å². The predicted molar refractivity (Wildman–Crippen MR) is 96.0 cm³/mol. The molecular weight excluding hydrogens is 341 g/mol. The predicted octanol–water partition coefficient (Wildman–Crippen LogP) is 2.67. The van der Waals surface area contributed by atoms with Gasteiger partial charge in [0.15, 0.2) is 0 Å². The molecule has 0 bridgehead atoms. The molecule has 144 valence electrons. The number of ether oxygens (including phenoxy) is 1. The highest BCUT2D eigenvalue weighted by Gasteiger charge is 2.34. The van der Waals surface area contributed by atoms with E-state index in [-0.39, 0.29) is 30.5 Å². The number of carbonyl (C=O) groups is 2. The molecule has 1 aliphatic rings. The molecule has 1 aromatic carbocycles. The third kappa shape index (κ3) is 5.59. The zero-order valence-electron chi connectivity index (χ0n) is 15.3. The molecule has 7 nitrogen and oxygen atoms in total. The second kappa shape index (κ2) is 8.84. The normalized spacial score (nSPS) is 19.2. The maximum absolute atomic E-state index is 13.4. The summed E-state index contributed by atoms with van der Waals surface area (Å²) < 4.78 is 18.9. The van der Waals surface area contributed by atoms with Crippen LogP contribution in [0.25, 0.3) is 0 Å². The van der Waals surface area contributed by atoms with E-state index in [9.17, 15) is 14.0 Å². The molecule has 0 spiro atoms. The Kier molecular flexibility index (Phi) is 6.79. The van der Waals surface area contributed by atoms with Crippen molar-refractivity contribution in [2.24, 2.45) is 0 Å². The van der Waals surface area contributed by atoms with E-state index in [2.05, 4.69) is 10.6 Å². The van der Waals surface area contributed by atoms with Crippen LogP contribution in [0.3, 0.4) is 0 Å². The third-order valence-electron chi connectivity index (χ3n) is 4.26. The first-order valence-electron chi connectivity index (χ1n) is 8.78. The fourth-order valence-corrected chi connectivity index (χ4v) is 2.97. The largest absolute Gasteiger partial charge is 0.489 e. The molecular formula is C18H26FN3O4. The Morgan fingerprint density at radius 2 is 2.08 bits per heavy atom. The molecule has 0 radical (unpaired) electrons. The highest BCUT2D eigenvalue weighted by atomic mass is 19.1. The summed E-state index contributed by atoms with van der Waals surface area (Å²) in [7, 11) is 0. The molecule has 0 aliphatic heterocycles. The molecule has 0 heterocycles. The number of nitrogens with one attached hydrogen (secondary N) is 2. The fourth-order valence-electron chi connectivity index (χ4n) is 2.97. The van der Waals surface area contributed by atoms with Crippen LogP contribution in [0.4, 0.5) is 14.9 Å². The monoisotopic (exact) mass is 367 g/mol. The minimum absolute atomic E-state index is 0.00552. The number of aliphatic carboxylic acids is 1. The standard InChI is InChI=1S/C18H26FN3O4/c1-4-22(10-17(23)24)14-8-13(9-14)20-18(25)21-15-6-5-12(19)7-16(15)26-11(2)3/h5-7,11,13-14H,4,8-10H2,1-3H3,(H,23,24)(H2,20,21,25). The van der Waals surface area contributed by atoms with Gasteiger partial charge in [-0.15, -0.1) is 0 Å². The molecule has 0 aromatic heterocycles. The molecule has 3 N–H and O–H groups in total. The number of amides is 2. The van der Waals surface area contributed by atoms with E-state index in [1.54, 1.807) is 0 Å². The summed E-state index contributed by atoms with van der Waals surface area (Å²) in [4.78, 5) is 24.9. The van der Waals surface area contributed by atoms with Crippen molar-refractivity contribution < 1.29 is 23.8 Å². The van der Waals surface area contributed by atoms with Crippen LogP contribution in [0.1, 0.15) is 33.6 Å². The van der Waals surface area contributed by atoms with Crippen molar-refractivity contribution in [2.75, 3.05) is 18.4 Å². The lowest BCUT2D eigenvalue weighted by Crippen LogP contribution is -2.55. The molecule has 26 heavy (non-hydrogen) atoms. The first-order valence-corrected chi connectivity index (χ1v) is 8.78. The molecule has 2 amide bonds. The number of rotatable bonds is 8. The highest BCUT2D eigenvalue weighted by Crippen LogP contribution is 2.28. The van der Waals surface area contributed by atoms with Gasteiger partial charge in [0.05, 0.1) is 18.3 Å². The number of urea groups is 1. The van der Waals surface area contributed by atoms with Crippen molar-refractivity contribution in [3.63, 3.8) is 0 Å². The van der Waals surface area contributed by atoms with Crippen LogP contribution in [0.2, 0.25) is 0 Å². The summed E-state index contributed by atoms with van der Waals surface area (Å²) in [5, 5.41) is 14.4. The van der Waals surface area contributed by atoms with Gasteiger partial charge in [-0.2, -0.15) is 0 Å². The molecule has 1 aromatic rings. The molecule has 1 saturated carbocycles. The number of halogens is 1. The molecule has 0 atom stereocenters. The van der Waals surface area contributed by atoms with Crippen molar-refractivity contribution in [3.05, 3.63) is 24.0 Å². The number of carbonyl (C=O) groups excluding carboxylic acids is 1. The molecule has 1 fully saturated rings. The van der Waals surface area contributed by atoms with E-state index in [1.807, 2.05) is 25.7 Å². The molecule has 1 aliphatic carbocycles. The smallest absolute Gasteiger partial charge is 0.319 e. The minimum Gasteiger partial charge on any atom is -0.489 e. The lowest BCUT2D eigenvalue weighted by molar-refractivity contribution is -0.139. The Hall–Kier alpha value is -2.35. The zero-order chi connectivity index (χ0) is 19.3. The van der Waals surface area contributed by atoms with Crippen LogP contribution >= 0.6 is 0 Å². The van der Waals surface area contributed by atoms with Gasteiger partial charge in [-0.1, -0.05) is 6.92 Å². The van der Waals surface area contributed by atoms with E-state index < -0.39 is 17.8 Å². The molecule has 0 saturated heterocycles. The number of benzene rings is 1. The number of carboxylic acids is 1. The van der Waals surface area contributed by atoms with Crippen LogP contribution < -0.4 is 15.4 Å². The summed E-state index contributed by atoms with van der Waals surface area (Å²) in [6, 6.07) is 3.70. The van der Waals surface area contributed by atoms with Gasteiger partial charge in [-0.3, -0.25) is 9.69 Å². The number of likely N-dealkylation sites (N-methyl/N-ethyl adjacent to an activating group) is 1. The molecule has 2 rings (SSSR count). The van der Waals surface area contributed by atoms with Crippen LogP contribution in [-0.2, 0) is 4.79 Å². The summed E-state index contributed by atoms with van der Waals surface area (Å²) in [6.45, 7) is 6.22. The fraction of sp³-hybridized carbons (Fsp3) is 0.556.